The quantitative estimate of drug-likeness (QED) is 0.654. The van der Waals surface area contributed by atoms with Crippen molar-refractivity contribution < 1.29 is 9.53 Å². The topological polar surface area (TPSA) is 39.2 Å². The van der Waals surface area contributed by atoms with Gasteiger partial charge >= 0.3 is 5.97 Å². The molecule has 3 aromatic rings. The molecule has 1 aromatic heterocycles. The molecule has 0 unspecified atom stereocenters. The van der Waals surface area contributed by atoms with Gasteiger partial charge in [0.15, 0.2) is 0 Å². The zero-order valence-corrected chi connectivity index (χ0v) is 13.5. The molecule has 0 atom stereocenters. The molecule has 0 bridgehead atoms. The Morgan fingerprint density at radius 2 is 1.74 bits per heavy atom. The van der Waals surface area contributed by atoms with Gasteiger partial charge in [-0.05, 0) is 32.9 Å². The summed E-state index contributed by atoms with van der Waals surface area (Å²) in [6, 6.07) is 17.6. The van der Waals surface area contributed by atoms with Crippen LogP contribution in [-0.2, 0) is 4.74 Å². The van der Waals surface area contributed by atoms with Gasteiger partial charge in [0.05, 0.1) is 22.9 Å². The number of aromatic nitrogens is 1. The van der Waals surface area contributed by atoms with E-state index >= 15 is 0 Å². The van der Waals surface area contributed by atoms with E-state index in [1.807, 2.05) is 75.4 Å². The first-order valence-corrected chi connectivity index (χ1v) is 7.72. The van der Waals surface area contributed by atoms with Crippen molar-refractivity contribution in [1.29, 1.82) is 0 Å². The van der Waals surface area contributed by atoms with E-state index in [0.29, 0.717) is 5.56 Å². The molecule has 0 aliphatic rings. The number of para-hydroxylation sites is 1. The number of nitrogens with zero attached hydrogens (tertiary/aromatic N) is 1. The highest BCUT2D eigenvalue weighted by Gasteiger charge is 2.16. The van der Waals surface area contributed by atoms with Gasteiger partial charge in [-0.2, -0.15) is 0 Å². The van der Waals surface area contributed by atoms with Crippen LogP contribution >= 0.6 is 0 Å². The molecule has 0 N–H and O–H groups in total. The molecule has 0 amide bonds. The van der Waals surface area contributed by atoms with Crippen LogP contribution in [-0.4, -0.2) is 17.1 Å². The van der Waals surface area contributed by atoms with Crippen LogP contribution < -0.4 is 0 Å². The third-order valence-corrected chi connectivity index (χ3v) is 3.63. The summed E-state index contributed by atoms with van der Waals surface area (Å²) in [7, 11) is 0. The minimum atomic E-state index is -0.313. The van der Waals surface area contributed by atoms with E-state index in [0.717, 1.165) is 22.2 Å². The van der Waals surface area contributed by atoms with Crippen molar-refractivity contribution in [2.24, 2.45) is 0 Å². The molecule has 0 saturated heterocycles. The first-order valence-electron chi connectivity index (χ1n) is 7.72. The summed E-state index contributed by atoms with van der Waals surface area (Å²) in [5.74, 6) is -0.313. The molecule has 0 spiro atoms. The van der Waals surface area contributed by atoms with Crippen molar-refractivity contribution in [3.8, 4) is 11.3 Å². The number of ether oxygens (including phenoxy) is 1. The van der Waals surface area contributed by atoms with Gasteiger partial charge in [0.25, 0.3) is 0 Å². The van der Waals surface area contributed by atoms with Gasteiger partial charge in [0, 0.05) is 10.9 Å². The number of fused-ring (bicyclic) bond motifs is 1. The van der Waals surface area contributed by atoms with Crippen LogP contribution in [0, 0.1) is 6.92 Å². The van der Waals surface area contributed by atoms with E-state index in [9.17, 15) is 4.79 Å². The molecule has 1 heterocycles. The highest BCUT2D eigenvalue weighted by Crippen LogP contribution is 2.26. The Morgan fingerprint density at radius 3 is 2.43 bits per heavy atom. The highest BCUT2D eigenvalue weighted by atomic mass is 16.5. The second kappa shape index (κ2) is 6.21. The van der Waals surface area contributed by atoms with E-state index in [-0.39, 0.29) is 12.1 Å². The number of pyridine rings is 1. The highest BCUT2D eigenvalue weighted by molar-refractivity contribution is 6.04. The molecular formula is C20H19NO2. The lowest BCUT2D eigenvalue weighted by atomic mass is 10.0. The largest absolute Gasteiger partial charge is 0.459 e. The fraction of sp³-hybridized carbons (Fsp3) is 0.200. The van der Waals surface area contributed by atoms with Gasteiger partial charge in [-0.25, -0.2) is 9.78 Å². The van der Waals surface area contributed by atoms with Crippen molar-refractivity contribution >= 4 is 16.9 Å². The average molecular weight is 305 g/mol. The summed E-state index contributed by atoms with van der Waals surface area (Å²) >= 11 is 0. The van der Waals surface area contributed by atoms with Gasteiger partial charge in [0.2, 0.25) is 0 Å². The Kier molecular flexibility index (Phi) is 4.11. The first kappa shape index (κ1) is 15.2. The lowest BCUT2D eigenvalue weighted by Gasteiger charge is -2.12. The number of hydrogen-bond donors (Lipinski definition) is 0. The SMILES string of the molecule is Cc1ccc(-c2cc(C(=O)OC(C)C)c3ccccc3n2)cc1. The van der Waals surface area contributed by atoms with Crippen molar-refractivity contribution in [3.05, 3.63) is 65.7 Å². The molecule has 3 rings (SSSR count). The summed E-state index contributed by atoms with van der Waals surface area (Å²) in [5, 5.41) is 0.814. The molecule has 2 aromatic carbocycles. The van der Waals surface area contributed by atoms with E-state index in [1.165, 1.54) is 5.56 Å². The normalized spacial score (nSPS) is 11.0. The van der Waals surface area contributed by atoms with E-state index in [4.69, 9.17) is 4.74 Å². The van der Waals surface area contributed by atoms with Gasteiger partial charge in [-0.1, -0.05) is 48.0 Å². The van der Waals surface area contributed by atoms with Crippen LogP contribution in [0.25, 0.3) is 22.2 Å². The predicted molar refractivity (Wildman–Crippen MR) is 92.5 cm³/mol. The van der Waals surface area contributed by atoms with Gasteiger partial charge in [-0.3, -0.25) is 0 Å². The Bertz CT molecular complexity index is 851. The van der Waals surface area contributed by atoms with Crippen LogP contribution in [0.4, 0.5) is 0 Å². The van der Waals surface area contributed by atoms with Gasteiger partial charge in [0.1, 0.15) is 0 Å². The number of esters is 1. The van der Waals surface area contributed by atoms with E-state index in [2.05, 4.69) is 4.98 Å². The summed E-state index contributed by atoms with van der Waals surface area (Å²) in [5.41, 5.74) is 4.30. The standard InChI is InChI=1S/C20H19NO2/c1-13(2)23-20(22)17-12-19(15-10-8-14(3)9-11-15)21-18-7-5-4-6-16(17)18/h4-13H,1-3H3. The van der Waals surface area contributed by atoms with Crippen LogP contribution in [0.15, 0.2) is 54.6 Å². The number of carbonyl (C=O) groups is 1. The number of carbonyl (C=O) groups excluding carboxylic acids is 1. The molecule has 3 heteroatoms. The summed E-state index contributed by atoms with van der Waals surface area (Å²) < 4.78 is 5.39. The molecule has 0 fully saturated rings. The van der Waals surface area contributed by atoms with Crippen molar-refractivity contribution in [1.82, 2.24) is 4.98 Å². The molecule has 23 heavy (non-hydrogen) atoms. The van der Waals surface area contributed by atoms with Crippen molar-refractivity contribution in [2.75, 3.05) is 0 Å². The first-order chi connectivity index (χ1) is 11.0. The molecule has 3 nitrogen and oxygen atoms in total. The monoisotopic (exact) mass is 305 g/mol. The van der Waals surface area contributed by atoms with Crippen LogP contribution in [0.5, 0.6) is 0 Å². The fourth-order valence-corrected chi connectivity index (χ4v) is 2.49. The van der Waals surface area contributed by atoms with Crippen molar-refractivity contribution in [3.63, 3.8) is 0 Å². The van der Waals surface area contributed by atoms with E-state index < -0.39 is 0 Å². The Hall–Kier alpha value is -2.68. The van der Waals surface area contributed by atoms with Crippen LogP contribution in [0.1, 0.15) is 29.8 Å². The smallest absolute Gasteiger partial charge is 0.339 e. The van der Waals surface area contributed by atoms with Gasteiger partial charge in [-0.15, -0.1) is 0 Å². The molecule has 0 aliphatic carbocycles. The van der Waals surface area contributed by atoms with Crippen LogP contribution in [0.2, 0.25) is 0 Å². The predicted octanol–water partition coefficient (Wildman–Crippen LogP) is 4.78. The second-order valence-corrected chi connectivity index (χ2v) is 5.89. The number of benzene rings is 2. The lowest BCUT2D eigenvalue weighted by molar-refractivity contribution is 0.0380. The molecule has 116 valence electrons. The molecular weight excluding hydrogens is 286 g/mol. The minimum Gasteiger partial charge on any atom is -0.459 e. The maximum absolute atomic E-state index is 12.5. The summed E-state index contributed by atoms with van der Waals surface area (Å²) in [6.07, 6.45) is -0.155. The third-order valence-electron chi connectivity index (χ3n) is 3.63. The Balaban J connectivity index is 2.17. The zero-order chi connectivity index (χ0) is 16.4. The summed E-state index contributed by atoms with van der Waals surface area (Å²) in [4.78, 5) is 17.1. The summed E-state index contributed by atoms with van der Waals surface area (Å²) in [6.45, 7) is 5.74. The fourth-order valence-electron chi connectivity index (χ4n) is 2.49. The molecule has 0 saturated carbocycles. The number of rotatable bonds is 3. The average Bonchev–Trinajstić information content (AvgIpc) is 2.54. The Labute approximate surface area is 135 Å². The third kappa shape index (κ3) is 3.24. The number of hydrogen-bond acceptors (Lipinski definition) is 3. The maximum Gasteiger partial charge on any atom is 0.339 e. The van der Waals surface area contributed by atoms with Gasteiger partial charge < -0.3 is 4.74 Å². The molecule has 0 radical (unpaired) electrons. The van der Waals surface area contributed by atoms with Crippen LogP contribution in [0.3, 0.4) is 0 Å². The van der Waals surface area contributed by atoms with Crippen molar-refractivity contribution in [2.45, 2.75) is 26.9 Å². The Morgan fingerprint density at radius 1 is 1.04 bits per heavy atom. The number of aryl methyl sites for hydroxylation is 1. The molecule has 0 aliphatic heterocycles. The van der Waals surface area contributed by atoms with E-state index in [1.54, 1.807) is 0 Å². The second-order valence-electron chi connectivity index (χ2n) is 5.89. The minimum absolute atomic E-state index is 0.155. The lowest BCUT2D eigenvalue weighted by Crippen LogP contribution is -2.12. The maximum atomic E-state index is 12.5. The zero-order valence-electron chi connectivity index (χ0n) is 13.5.